The van der Waals surface area contributed by atoms with Crippen molar-refractivity contribution in [2.45, 2.75) is 25.9 Å². The van der Waals surface area contributed by atoms with E-state index in [9.17, 15) is 9.59 Å². The Hall–Kier alpha value is -2.77. The Labute approximate surface area is 166 Å². The summed E-state index contributed by atoms with van der Waals surface area (Å²) in [5.41, 5.74) is 3.82. The number of aromatic nitrogens is 1. The Morgan fingerprint density at radius 3 is 2.82 bits per heavy atom. The number of ether oxygens (including phenoxy) is 2. The number of carbonyl (C=O) groups is 2. The molecule has 1 amide bonds. The van der Waals surface area contributed by atoms with Crippen LogP contribution in [0.4, 0.5) is 5.69 Å². The van der Waals surface area contributed by atoms with E-state index in [1.165, 1.54) is 5.56 Å². The van der Waals surface area contributed by atoms with Crippen molar-refractivity contribution < 1.29 is 19.1 Å². The van der Waals surface area contributed by atoms with Crippen LogP contribution < -0.4 is 5.32 Å². The lowest BCUT2D eigenvalue weighted by Gasteiger charge is -2.10. The molecular formula is C21H20N2O4S. The molecule has 0 spiro atoms. The van der Waals surface area contributed by atoms with Crippen LogP contribution in [0.1, 0.15) is 18.4 Å². The second-order valence-corrected chi connectivity index (χ2v) is 7.76. The molecular weight excluding hydrogens is 376 g/mol. The van der Waals surface area contributed by atoms with E-state index in [1.54, 1.807) is 11.3 Å². The lowest BCUT2D eigenvalue weighted by molar-refractivity contribution is -0.156. The standard InChI is InChI=1S/C21H20N2O4S/c1-13-4-9-16-18(11-13)28-20(23-16)14-5-7-15(8-6-14)22-19(24)12-27-21(25)17-3-2-10-26-17/h4-9,11,17H,2-3,10,12H2,1H3,(H,22,24). The first-order valence-electron chi connectivity index (χ1n) is 9.14. The van der Waals surface area contributed by atoms with Gasteiger partial charge in [0.15, 0.2) is 12.7 Å². The van der Waals surface area contributed by atoms with E-state index >= 15 is 0 Å². The summed E-state index contributed by atoms with van der Waals surface area (Å²) >= 11 is 1.64. The van der Waals surface area contributed by atoms with E-state index in [-0.39, 0.29) is 12.5 Å². The van der Waals surface area contributed by atoms with E-state index in [4.69, 9.17) is 9.47 Å². The van der Waals surface area contributed by atoms with Gasteiger partial charge in [0.05, 0.1) is 10.2 Å². The maximum atomic E-state index is 12.0. The number of nitrogens with one attached hydrogen (secondary N) is 1. The van der Waals surface area contributed by atoms with Gasteiger partial charge in [0, 0.05) is 17.9 Å². The van der Waals surface area contributed by atoms with E-state index < -0.39 is 12.1 Å². The number of aryl methyl sites for hydroxylation is 1. The quantitative estimate of drug-likeness (QED) is 0.661. The molecule has 0 radical (unpaired) electrons. The maximum absolute atomic E-state index is 12.0. The fourth-order valence-electron chi connectivity index (χ4n) is 3.04. The predicted molar refractivity (Wildman–Crippen MR) is 108 cm³/mol. The van der Waals surface area contributed by atoms with Crippen LogP contribution in [0.5, 0.6) is 0 Å². The molecule has 1 aliphatic heterocycles. The highest BCUT2D eigenvalue weighted by molar-refractivity contribution is 7.21. The van der Waals surface area contributed by atoms with E-state index in [1.807, 2.05) is 30.3 Å². The van der Waals surface area contributed by atoms with Gasteiger partial charge in [-0.2, -0.15) is 0 Å². The molecule has 3 aromatic rings. The molecule has 1 aliphatic rings. The van der Waals surface area contributed by atoms with Crippen LogP contribution in [0, 0.1) is 6.92 Å². The summed E-state index contributed by atoms with van der Waals surface area (Å²) < 4.78 is 11.4. The maximum Gasteiger partial charge on any atom is 0.335 e. The van der Waals surface area contributed by atoms with Crippen LogP contribution in [-0.2, 0) is 19.1 Å². The summed E-state index contributed by atoms with van der Waals surface area (Å²) in [5, 5.41) is 3.66. The van der Waals surface area contributed by atoms with Gasteiger partial charge in [0.1, 0.15) is 5.01 Å². The SMILES string of the molecule is Cc1ccc2nc(-c3ccc(NC(=O)COC(=O)C4CCCO4)cc3)sc2c1. The number of thiazole rings is 1. The van der Waals surface area contributed by atoms with E-state index in [2.05, 4.69) is 29.4 Å². The Morgan fingerprint density at radius 2 is 2.07 bits per heavy atom. The van der Waals surface area contributed by atoms with Gasteiger partial charge in [-0.05, 0) is 61.7 Å². The zero-order valence-electron chi connectivity index (χ0n) is 15.4. The van der Waals surface area contributed by atoms with Crippen LogP contribution >= 0.6 is 11.3 Å². The van der Waals surface area contributed by atoms with Crippen LogP contribution in [0.25, 0.3) is 20.8 Å². The Kier molecular flexibility index (Phi) is 5.36. The fraction of sp³-hybridized carbons (Fsp3) is 0.286. The normalized spacial score (nSPS) is 16.2. The number of esters is 1. The number of benzene rings is 2. The molecule has 1 aromatic heterocycles. The smallest absolute Gasteiger partial charge is 0.335 e. The third kappa shape index (κ3) is 4.21. The Bertz CT molecular complexity index is 1010. The minimum Gasteiger partial charge on any atom is -0.454 e. The molecule has 7 heteroatoms. The molecule has 28 heavy (non-hydrogen) atoms. The first kappa shape index (κ1) is 18.6. The van der Waals surface area contributed by atoms with Crippen molar-refractivity contribution in [1.29, 1.82) is 0 Å². The number of hydrogen-bond donors (Lipinski definition) is 1. The van der Waals surface area contributed by atoms with Crippen molar-refractivity contribution in [3.05, 3.63) is 48.0 Å². The van der Waals surface area contributed by atoms with Crippen molar-refractivity contribution in [3.8, 4) is 10.6 Å². The summed E-state index contributed by atoms with van der Waals surface area (Å²) in [5.74, 6) is -0.858. The predicted octanol–water partition coefficient (Wildman–Crippen LogP) is 3.93. The second kappa shape index (κ2) is 8.08. The highest BCUT2D eigenvalue weighted by atomic mass is 32.1. The summed E-state index contributed by atoms with van der Waals surface area (Å²) in [7, 11) is 0. The molecule has 0 aliphatic carbocycles. The fourth-order valence-corrected chi connectivity index (χ4v) is 4.11. The monoisotopic (exact) mass is 396 g/mol. The van der Waals surface area contributed by atoms with Crippen LogP contribution in [0.2, 0.25) is 0 Å². The number of amides is 1. The lowest BCUT2D eigenvalue weighted by Crippen LogP contribution is -2.27. The zero-order chi connectivity index (χ0) is 19.5. The molecule has 4 rings (SSSR count). The van der Waals surface area contributed by atoms with Crippen LogP contribution in [0.3, 0.4) is 0 Å². The van der Waals surface area contributed by atoms with Crippen molar-refractivity contribution in [3.63, 3.8) is 0 Å². The van der Waals surface area contributed by atoms with Crippen molar-refractivity contribution in [2.24, 2.45) is 0 Å². The summed E-state index contributed by atoms with van der Waals surface area (Å²) in [4.78, 5) is 28.4. The number of rotatable bonds is 5. The minimum absolute atomic E-state index is 0.322. The van der Waals surface area contributed by atoms with Gasteiger partial charge in [0.25, 0.3) is 5.91 Å². The van der Waals surface area contributed by atoms with Gasteiger partial charge in [-0.3, -0.25) is 4.79 Å². The van der Waals surface area contributed by atoms with Gasteiger partial charge in [-0.15, -0.1) is 11.3 Å². The van der Waals surface area contributed by atoms with Gasteiger partial charge in [-0.25, -0.2) is 9.78 Å². The molecule has 2 heterocycles. The van der Waals surface area contributed by atoms with E-state index in [0.717, 1.165) is 27.2 Å². The molecule has 1 unspecified atom stereocenters. The molecule has 2 aromatic carbocycles. The van der Waals surface area contributed by atoms with Crippen LogP contribution in [0.15, 0.2) is 42.5 Å². The molecule has 1 atom stereocenters. The van der Waals surface area contributed by atoms with E-state index in [0.29, 0.717) is 18.7 Å². The number of nitrogens with zero attached hydrogens (tertiary/aromatic N) is 1. The second-order valence-electron chi connectivity index (χ2n) is 6.73. The third-order valence-corrected chi connectivity index (χ3v) is 5.56. The molecule has 6 nitrogen and oxygen atoms in total. The molecule has 144 valence electrons. The number of anilines is 1. The van der Waals surface area contributed by atoms with Gasteiger partial charge < -0.3 is 14.8 Å². The molecule has 1 N–H and O–H groups in total. The summed E-state index contributed by atoms with van der Waals surface area (Å²) in [6.45, 7) is 2.30. The number of hydrogen-bond acceptors (Lipinski definition) is 6. The van der Waals surface area contributed by atoms with Gasteiger partial charge in [0.2, 0.25) is 0 Å². The average molecular weight is 396 g/mol. The van der Waals surface area contributed by atoms with Crippen molar-refractivity contribution in [1.82, 2.24) is 4.98 Å². The summed E-state index contributed by atoms with van der Waals surface area (Å²) in [6.07, 6.45) is 0.949. The zero-order valence-corrected chi connectivity index (χ0v) is 16.3. The minimum atomic E-state index is -0.537. The highest BCUT2D eigenvalue weighted by Gasteiger charge is 2.25. The highest BCUT2D eigenvalue weighted by Crippen LogP contribution is 2.31. The van der Waals surface area contributed by atoms with Crippen molar-refractivity contribution in [2.75, 3.05) is 18.5 Å². The lowest BCUT2D eigenvalue weighted by atomic mass is 10.2. The number of fused-ring (bicyclic) bond motifs is 1. The first-order chi connectivity index (χ1) is 13.6. The largest absolute Gasteiger partial charge is 0.454 e. The third-order valence-electron chi connectivity index (χ3n) is 4.50. The summed E-state index contributed by atoms with van der Waals surface area (Å²) in [6, 6.07) is 13.7. The molecule has 0 saturated carbocycles. The molecule has 0 bridgehead atoms. The number of carbonyl (C=O) groups excluding carboxylic acids is 2. The molecule has 1 saturated heterocycles. The first-order valence-corrected chi connectivity index (χ1v) is 9.96. The van der Waals surface area contributed by atoms with Crippen molar-refractivity contribution >= 4 is 39.1 Å². The topological polar surface area (TPSA) is 77.5 Å². The van der Waals surface area contributed by atoms with Gasteiger partial charge >= 0.3 is 5.97 Å². The average Bonchev–Trinajstić information content (AvgIpc) is 3.36. The molecule has 1 fully saturated rings. The Balaban J connectivity index is 1.35. The Morgan fingerprint density at radius 1 is 1.25 bits per heavy atom. The van der Waals surface area contributed by atoms with Crippen LogP contribution in [-0.4, -0.2) is 36.2 Å². The van der Waals surface area contributed by atoms with Gasteiger partial charge in [-0.1, -0.05) is 6.07 Å².